The van der Waals surface area contributed by atoms with Crippen molar-refractivity contribution in [3.05, 3.63) is 106 Å². The Bertz CT molecular complexity index is 1860. The number of fused-ring (bicyclic) bond motifs is 2. The first-order chi connectivity index (χ1) is 15.3. The van der Waals surface area contributed by atoms with E-state index in [4.69, 9.17) is 4.74 Å². The van der Waals surface area contributed by atoms with Crippen LogP contribution in [-0.4, -0.2) is 15.3 Å². The summed E-state index contributed by atoms with van der Waals surface area (Å²) in [6, 6.07) is 11.4. The van der Waals surface area contributed by atoms with Crippen molar-refractivity contribution in [1.29, 1.82) is 0 Å². The second-order valence-electron chi connectivity index (χ2n) is 7.19. The summed E-state index contributed by atoms with van der Waals surface area (Å²) in [5, 5.41) is 29.1. The molecule has 5 rings (SSSR count). The summed E-state index contributed by atoms with van der Waals surface area (Å²) in [5.41, 5.74) is -3.31. The minimum absolute atomic E-state index is 0.0105. The summed E-state index contributed by atoms with van der Waals surface area (Å²) < 4.78 is 5.57. The summed E-state index contributed by atoms with van der Waals surface area (Å²) >= 11 is 0. The highest BCUT2D eigenvalue weighted by atomic mass is 16.5. The number of phenolic OH excluding ortho intramolecular Hbond substituents is 3. The Morgan fingerprint density at radius 2 is 1.09 bits per heavy atom. The number of hydrogen-bond donors (Lipinski definition) is 3. The van der Waals surface area contributed by atoms with E-state index in [-0.39, 0.29) is 44.5 Å². The lowest BCUT2D eigenvalue weighted by atomic mass is 10.0. The molecular formula is C24H12O8. The van der Waals surface area contributed by atoms with Crippen LogP contribution in [0.2, 0.25) is 0 Å². The molecule has 32 heavy (non-hydrogen) atoms. The maximum atomic E-state index is 13.1. The second-order valence-corrected chi connectivity index (χ2v) is 7.19. The fourth-order valence-corrected chi connectivity index (χ4v) is 3.90. The largest absolute Gasteiger partial charge is 0.507 e. The molecule has 0 spiro atoms. The quantitative estimate of drug-likeness (QED) is 0.363. The Labute approximate surface area is 176 Å². The Morgan fingerprint density at radius 1 is 0.562 bits per heavy atom. The lowest BCUT2D eigenvalue weighted by molar-refractivity contribution is 0.448. The van der Waals surface area contributed by atoms with Gasteiger partial charge in [-0.05, 0) is 24.3 Å². The Morgan fingerprint density at radius 3 is 1.72 bits per heavy atom. The van der Waals surface area contributed by atoms with Crippen LogP contribution in [0.15, 0.2) is 73.8 Å². The highest BCUT2D eigenvalue weighted by molar-refractivity contribution is 6.01. The third-order valence-electron chi connectivity index (χ3n) is 5.36. The number of ether oxygens (including phenoxy) is 1. The molecule has 0 atom stereocenters. The van der Waals surface area contributed by atoms with Crippen LogP contribution in [0, 0.1) is 10.4 Å². The van der Waals surface area contributed by atoms with Crippen LogP contribution < -0.4 is 26.5 Å². The van der Waals surface area contributed by atoms with Gasteiger partial charge in [0, 0.05) is 16.8 Å². The van der Waals surface area contributed by atoms with Crippen molar-refractivity contribution in [3.63, 3.8) is 0 Å². The molecule has 8 heteroatoms. The molecule has 0 bridgehead atoms. The van der Waals surface area contributed by atoms with Crippen LogP contribution in [-0.2, 0) is 0 Å². The van der Waals surface area contributed by atoms with Crippen molar-refractivity contribution in [1.82, 2.24) is 0 Å². The maximum absolute atomic E-state index is 13.1. The van der Waals surface area contributed by atoms with E-state index in [1.54, 1.807) is 6.07 Å². The first-order valence-electron chi connectivity index (χ1n) is 9.37. The molecule has 2 aliphatic carbocycles. The van der Waals surface area contributed by atoms with Crippen LogP contribution in [0.3, 0.4) is 0 Å². The van der Waals surface area contributed by atoms with E-state index in [0.717, 1.165) is 18.2 Å². The molecule has 0 amide bonds. The normalized spacial score (nSPS) is 11.4. The van der Waals surface area contributed by atoms with E-state index in [1.165, 1.54) is 30.3 Å². The van der Waals surface area contributed by atoms with Gasteiger partial charge >= 0.3 is 0 Å². The van der Waals surface area contributed by atoms with Gasteiger partial charge in [0.15, 0.2) is 22.0 Å². The van der Waals surface area contributed by atoms with Crippen LogP contribution in [0.1, 0.15) is 0 Å². The van der Waals surface area contributed by atoms with Crippen molar-refractivity contribution in [2.75, 3.05) is 0 Å². The zero-order valence-corrected chi connectivity index (χ0v) is 16.1. The molecule has 0 radical (unpaired) electrons. The van der Waals surface area contributed by atoms with Crippen LogP contribution in [0.25, 0.3) is 21.5 Å². The first kappa shape index (κ1) is 19.3. The van der Waals surface area contributed by atoms with Gasteiger partial charge in [0.05, 0.1) is 21.2 Å². The molecule has 0 saturated heterocycles. The highest BCUT2D eigenvalue weighted by Crippen LogP contribution is 2.43. The van der Waals surface area contributed by atoms with Gasteiger partial charge in [-0.3, -0.25) is 19.2 Å². The predicted molar refractivity (Wildman–Crippen MR) is 116 cm³/mol. The zero-order valence-electron chi connectivity index (χ0n) is 16.1. The predicted octanol–water partition coefficient (Wildman–Crippen LogP) is 1.94. The number of benzene rings is 3. The van der Waals surface area contributed by atoms with Gasteiger partial charge in [-0.15, -0.1) is 0 Å². The highest BCUT2D eigenvalue weighted by Gasteiger charge is 2.19. The number of rotatable bonds is 2. The standard InChI is InChI=1S/C24H12O8/c25-12-5-6-14(27)19-16(8-7-13(26)18(12)19)32-17-9-15(28)20-21(24(17)31)23(30)11-4-2-1-3-10(11)22(20)29/h1-9,25-27H. The minimum atomic E-state index is -0.965. The Balaban J connectivity index is 1.87. The topological polar surface area (TPSA) is 138 Å². The minimum Gasteiger partial charge on any atom is -0.507 e. The molecule has 3 aromatic rings. The number of hydrogen-bond acceptors (Lipinski definition) is 8. The van der Waals surface area contributed by atoms with Crippen LogP contribution in [0.5, 0.6) is 28.7 Å². The summed E-state index contributed by atoms with van der Waals surface area (Å²) in [6.45, 7) is 0. The summed E-state index contributed by atoms with van der Waals surface area (Å²) in [6.07, 6.45) is 0. The van der Waals surface area contributed by atoms with Crippen molar-refractivity contribution in [2.24, 2.45) is 0 Å². The molecule has 0 fully saturated rings. The molecule has 3 N–H and O–H groups in total. The average Bonchev–Trinajstić information content (AvgIpc) is 2.78. The van der Waals surface area contributed by atoms with Crippen LogP contribution in [0.4, 0.5) is 0 Å². The first-order valence-corrected chi connectivity index (χ1v) is 9.37. The van der Waals surface area contributed by atoms with Gasteiger partial charge in [0.1, 0.15) is 23.0 Å². The van der Waals surface area contributed by atoms with E-state index < -0.39 is 37.9 Å². The second kappa shape index (κ2) is 6.64. The maximum Gasteiger partial charge on any atom is 0.233 e. The van der Waals surface area contributed by atoms with E-state index in [1.807, 2.05) is 0 Å². The third kappa shape index (κ3) is 2.56. The lowest BCUT2D eigenvalue weighted by Gasteiger charge is -2.12. The molecule has 8 nitrogen and oxygen atoms in total. The lowest BCUT2D eigenvalue weighted by Crippen LogP contribution is -2.28. The fraction of sp³-hybridized carbons (Fsp3) is 0. The summed E-state index contributed by atoms with van der Waals surface area (Å²) in [4.78, 5) is 51.5. The van der Waals surface area contributed by atoms with Gasteiger partial charge in [-0.25, -0.2) is 0 Å². The van der Waals surface area contributed by atoms with E-state index in [9.17, 15) is 34.5 Å². The Hall–Kier alpha value is -4.72. The third-order valence-corrected chi connectivity index (χ3v) is 5.36. The molecule has 156 valence electrons. The van der Waals surface area contributed by atoms with Gasteiger partial charge in [-0.1, -0.05) is 24.3 Å². The average molecular weight is 428 g/mol. The van der Waals surface area contributed by atoms with E-state index in [0.29, 0.717) is 0 Å². The Kier molecular flexibility index (Phi) is 4.00. The molecule has 2 aliphatic rings. The van der Waals surface area contributed by atoms with Crippen molar-refractivity contribution in [3.8, 4) is 28.7 Å². The van der Waals surface area contributed by atoms with Gasteiger partial charge < -0.3 is 20.1 Å². The molecule has 3 aromatic carbocycles. The van der Waals surface area contributed by atoms with Gasteiger partial charge in [-0.2, -0.15) is 0 Å². The molecule has 0 heterocycles. The zero-order chi connectivity index (χ0) is 22.7. The SMILES string of the molecule is O=c1cc(Oc2ccc(O)c3c(O)ccc(O)c23)c(=O)c2c(=O)c3ccccc3c(=O)c1=2. The summed E-state index contributed by atoms with van der Waals surface area (Å²) in [5.74, 6) is -1.76. The van der Waals surface area contributed by atoms with Gasteiger partial charge in [0.25, 0.3) is 0 Å². The summed E-state index contributed by atoms with van der Waals surface area (Å²) in [7, 11) is 0. The fourth-order valence-electron chi connectivity index (χ4n) is 3.90. The molecule has 0 aliphatic heterocycles. The van der Waals surface area contributed by atoms with Crippen molar-refractivity contribution < 1.29 is 20.1 Å². The number of phenols is 3. The monoisotopic (exact) mass is 428 g/mol. The van der Waals surface area contributed by atoms with Crippen molar-refractivity contribution >= 4 is 21.5 Å². The van der Waals surface area contributed by atoms with Crippen LogP contribution >= 0.6 is 0 Å². The van der Waals surface area contributed by atoms with E-state index >= 15 is 0 Å². The van der Waals surface area contributed by atoms with E-state index in [2.05, 4.69) is 0 Å². The van der Waals surface area contributed by atoms with Gasteiger partial charge in [0.2, 0.25) is 5.43 Å². The number of aromatic hydroxyl groups is 3. The van der Waals surface area contributed by atoms with Crippen molar-refractivity contribution in [2.45, 2.75) is 0 Å². The molecule has 0 unspecified atom stereocenters. The molecular weight excluding hydrogens is 416 g/mol. The molecule has 0 saturated carbocycles. The molecule has 0 aromatic heterocycles. The smallest absolute Gasteiger partial charge is 0.233 e.